The molecule has 0 bridgehead atoms. The summed E-state index contributed by atoms with van der Waals surface area (Å²) in [5.41, 5.74) is -0.468. The molecule has 1 amide bonds. The third-order valence-electron chi connectivity index (χ3n) is 1.77. The molecule has 82 valence electrons. The average Bonchev–Trinajstić information content (AvgIpc) is 2.47. The molecule has 0 radical (unpaired) electrons. The number of thioether (sulfide) groups is 1. The van der Waals surface area contributed by atoms with Crippen LogP contribution in [0.3, 0.4) is 0 Å². The lowest BCUT2D eigenvalue weighted by molar-refractivity contribution is 0.0219. The van der Waals surface area contributed by atoms with E-state index >= 15 is 0 Å². The number of amides is 1. The van der Waals surface area contributed by atoms with Gasteiger partial charge in [0.25, 0.3) is 0 Å². The monoisotopic (exact) mass is 219 g/mol. The standard InChI is InChI=1S/C9H17NO3S/c1-9(2,3)13-8(12)10-4-5-14-7(10)6-11/h7,11H,4-6H2,1-3H3/t7-/m0/s1. The zero-order chi connectivity index (χ0) is 10.8. The third kappa shape index (κ3) is 3.06. The fraction of sp³-hybridized carbons (Fsp3) is 0.889. The highest BCUT2D eigenvalue weighted by molar-refractivity contribution is 8.00. The van der Waals surface area contributed by atoms with Crippen LogP contribution in [0, 0.1) is 0 Å². The first kappa shape index (κ1) is 11.7. The first-order chi connectivity index (χ1) is 6.44. The predicted molar refractivity (Wildman–Crippen MR) is 56.3 cm³/mol. The molecule has 1 rings (SSSR count). The summed E-state index contributed by atoms with van der Waals surface area (Å²) < 4.78 is 5.22. The van der Waals surface area contributed by atoms with Crippen LogP contribution in [-0.2, 0) is 4.74 Å². The summed E-state index contributed by atoms with van der Waals surface area (Å²) >= 11 is 1.58. The Bertz CT molecular complexity index is 215. The molecule has 1 saturated heterocycles. The highest BCUT2D eigenvalue weighted by Gasteiger charge is 2.31. The Morgan fingerprint density at radius 2 is 2.29 bits per heavy atom. The van der Waals surface area contributed by atoms with Crippen molar-refractivity contribution in [3.63, 3.8) is 0 Å². The van der Waals surface area contributed by atoms with Crippen LogP contribution in [0.25, 0.3) is 0 Å². The molecule has 1 aliphatic heterocycles. The van der Waals surface area contributed by atoms with E-state index in [0.717, 1.165) is 5.75 Å². The van der Waals surface area contributed by atoms with E-state index in [4.69, 9.17) is 9.84 Å². The lowest BCUT2D eigenvalue weighted by atomic mass is 10.2. The third-order valence-corrected chi connectivity index (χ3v) is 2.98. The summed E-state index contributed by atoms with van der Waals surface area (Å²) in [5.74, 6) is 0.866. The van der Waals surface area contributed by atoms with Crippen molar-refractivity contribution in [3.05, 3.63) is 0 Å². The van der Waals surface area contributed by atoms with Crippen molar-refractivity contribution in [1.82, 2.24) is 4.90 Å². The normalized spacial score (nSPS) is 22.6. The molecule has 5 heteroatoms. The number of carbonyl (C=O) groups is 1. The smallest absolute Gasteiger partial charge is 0.411 e. The summed E-state index contributed by atoms with van der Waals surface area (Å²) in [6.07, 6.45) is -0.332. The minimum absolute atomic E-state index is 0.0100. The highest BCUT2D eigenvalue weighted by atomic mass is 32.2. The molecule has 14 heavy (non-hydrogen) atoms. The topological polar surface area (TPSA) is 49.8 Å². The zero-order valence-corrected chi connectivity index (χ0v) is 9.63. The summed E-state index contributed by atoms with van der Waals surface area (Å²) in [7, 11) is 0. The second-order valence-corrected chi connectivity index (χ2v) is 5.47. The molecule has 4 nitrogen and oxygen atoms in total. The van der Waals surface area contributed by atoms with Gasteiger partial charge in [-0.1, -0.05) is 0 Å². The van der Waals surface area contributed by atoms with Crippen molar-refractivity contribution in [2.75, 3.05) is 18.9 Å². The van der Waals surface area contributed by atoms with Crippen molar-refractivity contribution < 1.29 is 14.6 Å². The quantitative estimate of drug-likeness (QED) is 0.722. The molecule has 0 aromatic heterocycles. The van der Waals surface area contributed by atoms with Gasteiger partial charge < -0.3 is 9.84 Å². The molecule has 1 N–H and O–H groups in total. The van der Waals surface area contributed by atoms with Crippen molar-refractivity contribution >= 4 is 17.9 Å². The largest absolute Gasteiger partial charge is 0.444 e. The van der Waals surface area contributed by atoms with E-state index in [2.05, 4.69) is 0 Å². The van der Waals surface area contributed by atoms with Crippen LogP contribution in [0.15, 0.2) is 0 Å². The number of aliphatic hydroxyl groups is 1. The van der Waals surface area contributed by atoms with Gasteiger partial charge in [0.15, 0.2) is 0 Å². The van der Waals surface area contributed by atoms with E-state index in [1.807, 2.05) is 20.8 Å². The molecular weight excluding hydrogens is 202 g/mol. The van der Waals surface area contributed by atoms with E-state index in [1.165, 1.54) is 0 Å². The molecule has 1 atom stereocenters. The molecule has 1 fully saturated rings. The van der Waals surface area contributed by atoms with Gasteiger partial charge in [-0.05, 0) is 20.8 Å². The van der Waals surface area contributed by atoms with Crippen LogP contribution in [0.4, 0.5) is 4.79 Å². The van der Waals surface area contributed by atoms with Crippen LogP contribution >= 0.6 is 11.8 Å². The Morgan fingerprint density at radius 1 is 1.64 bits per heavy atom. The SMILES string of the molecule is CC(C)(C)OC(=O)N1CCS[C@H]1CO. The predicted octanol–water partition coefficient (Wildman–Crippen LogP) is 1.29. The van der Waals surface area contributed by atoms with Crippen LogP contribution in [0.1, 0.15) is 20.8 Å². The summed E-state index contributed by atoms with van der Waals surface area (Å²) in [6, 6.07) is 0. The lowest BCUT2D eigenvalue weighted by Crippen LogP contribution is -2.40. The van der Waals surface area contributed by atoms with Gasteiger partial charge in [-0.3, -0.25) is 4.90 Å². The number of hydrogen-bond donors (Lipinski definition) is 1. The van der Waals surface area contributed by atoms with Gasteiger partial charge >= 0.3 is 6.09 Å². The Morgan fingerprint density at radius 3 is 2.79 bits per heavy atom. The number of aliphatic hydroxyl groups excluding tert-OH is 1. The zero-order valence-electron chi connectivity index (χ0n) is 8.82. The van der Waals surface area contributed by atoms with Gasteiger partial charge in [-0.25, -0.2) is 4.79 Å². The molecule has 0 aromatic rings. The maximum Gasteiger partial charge on any atom is 0.411 e. The van der Waals surface area contributed by atoms with Crippen molar-refractivity contribution in [2.24, 2.45) is 0 Å². The minimum atomic E-state index is -0.468. The molecular formula is C9H17NO3S. The second-order valence-electron chi connectivity index (χ2n) is 4.18. The van der Waals surface area contributed by atoms with E-state index in [-0.39, 0.29) is 18.1 Å². The Labute approximate surface area is 88.6 Å². The van der Waals surface area contributed by atoms with E-state index < -0.39 is 5.60 Å². The van der Waals surface area contributed by atoms with Crippen LogP contribution in [-0.4, -0.2) is 46.0 Å². The molecule has 0 aliphatic carbocycles. The van der Waals surface area contributed by atoms with Gasteiger partial charge in [0, 0.05) is 12.3 Å². The highest BCUT2D eigenvalue weighted by Crippen LogP contribution is 2.24. The summed E-state index contributed by atoms with van der Waals surface area (Å²) in [5, 5.41) is 8.88. The van der Waals surface area contributed by atoms with Gasteiger partial charge in [0.05, 0.1) is 6.61 Å². The van der Waals surface area contributed by atoms with Crippen LogP contribution in [0.5, 0.6) is 0 Å². The first-order valence-corrected chi connectivity index (χ1v) is 5.71. The lowest BCUT2D eigenvalue weighted by Gasteiger charge is -2.27. The van der Waals surface area contributed by atoms with Crippen molar-refractivity contribution in [2.45, 2.75) is 31.7 Å². The van der Waals surface area contributed by atoms with Crippen molar-refractivity contribution in [3.8, 4) is 0 Å². The van der Waals surface area contributed by atoms with Gasteiger partial charge in [0.2, 0.25) is 0 Å². The minimum Gasteiger partial charge on any atom is -0.444 e. The van der Waals surface area contributed by atoms with E-state index in [0.29, 0.717) is 6.54 Å². The molecule has 0 spiro atoms. The van der Waals surface area contributed by atoms with Crippen molar-refractivity contribution in [1.29, 1.82) is 0 Å². The van der Waals surface area contributed by atoms with Gasteiger partial charge in [0.1, 0.15) is 11.0 Å². The van der Waals surface area contributed by atoms with E-state index in [1.54, 1.807) is 16.7 Å². The summed E-state index contributed by atoms with van der Waals surface area (Å²) in [6.45, 7) is 6.15. The molecule has 1 aliphatic rings. The maximum atomic E-state index is 11.6. The van der Waals surface area contributed by atoms with Gasteiger partial charge in [-0.15, -0.1) is 11.8 Å². The van der Waals surface area contributed by atoms with E-state index in [9.17, 15) is 4.79 Å². The molecule has 0 saturated carbocycles. The van der Waals surface area contributed by atoms with Crippen LogP contribution in [0.2, 0.25) is 0 Å². The molecule has 1 heterocycles. The Hall–Kier alpha value is -0.420. The fourth-order valence-corrected chi connectivity index (χ4v) is 2.25. The second kappa shape index (κ2) is 4.40. The Kier molecular flexibility index (Phi) is 3.66. The van der Waals surface area contributed by atoms with Crippen LogP contribution < -0.4 is 0 Å². The number of nitrogens with zero attached hydrogens (tertiary/aromatic N) is 1. The fourth-order valence-electron chi connectivity index (χ4n) is 1.20. The average molecular weight is 219 g/mol. The van der Waals surface area contributed by atoms with Gasteiger partial charge in [-0.2, -0.15) is 0 Å². The Balaban J connectivity index is 2.52. The maximum absolute atomic E-state index is 11.6. The number of hydrogen-bond acceptors (Lipinski definition) is 4. The first-order valence-electron chi connectivity index (χ1n) is 4.66. The number of ether oxygens (including phenoxy) is 1. The number of carbonyl (C=O) groups excluding carboxylic acids is 1. The number of rotatable bonds is 1. The molecule has 0 unspecified atom stereocenters. The summed E-state index contributed by atoms with van der Waals surface area (Å²) in [4.78, 5) is 13.2. The molecule has 0 aromatic carbocycles.